The van der Waals surface area contributed by atoms with Crippen LogP contribution in [0.1, 0.15) is 35.5 Å². The van der Waals surface area contributed by atoms with Crippen molar-refractivity contribution in [2.24, 2.45) is 0 Å². The number of ether oxygens (including phenoxy) is 3. The summed E-state index contributed by atoms with van der Waals surface area (Å²) in [4.78, 5) is 20.3. The van der Waals surface area contributed by atoms with Crippen molar-refractivity contribution in [1.29, 1.82) is 0 Å². The van der Waals surface area contributed by atoms with Crippen LogP contribution in [0.5, 0.6) is 5.75 Å². The van der Waals surface area contributed by atoms with Crippen LogP contribution in [0.25, 0.3) is 21.8 Å². The summed E-state index contributed by atoms with van der Waals surface area (Å²) in [6, 6.07) is 13.4. The van der Waals surface area contributed by atoms with Crippen LogP contribution in [0.2, 0.25) is 5.02 Å². The van der Waals surface area contributed by atoms with Crippen LogP contribution in [0.4, 0.5) is 0 Å². The second-order valence-electron chi connectivity index (χ2n) is 7.51. The highest BCUT2D eigenvalue weighted by Gasteiger charge is 2.21. The molecule has 1 N–H and O–H groups in total. The van der Waals surface area contributed by atoms with E-state index in [1.807, 2.05) is 56.3 Å². The van der Waals surface area contributed by atoms with E-state index < -0.39 is 5.97 Å². The summed E-state index contributed by atoms with van der Waals surface area (Å²) in [5, 5.41) is 2.47. The Labute approximate surface area is 185 Å². The summed E-state index contributed by atoms with van der Waals surface area (Å²) in [5.41, 5.74) is 3.65. The number of halogens is 1. The number of hydrogen-bond acceptors (Lipinski definition) is 5. The van der Waals surface area contributed by atoms with Crippen molar-refractivity contribution in [3.8, 4) is 5.75 Å². The predicted molar refractivity (Wildman–Crippen MR) is 121 cm³/mol. The van der Waals surface area contributed by atoms with Crippen LogP contribution in [0.15, 0.2) is 48.7 Å². The van der Waals surface area contributed by atoms with Gasteiger partial charge in [0.1, 0.15) is 12.4 Å². The topological polar surface area (TPSA) is 73.4 Å². The molecule has 0 saturated heterocycles. The average Bonchev–Trinajstić information content (AvgIpc) is 3.10. The Kier molecular flexibility index (Phi) is 6.11. The van der Waals surface area contributed by atoms with Gasteiger partial charge in [-0.15, -0.1) is 0 Å². The summed E-state index contributed by atoms with van der Waals surface area (Å²) in [6.07, 6.45) is 1.41. The molecule has 0 saturated carbocycles. The molecule has 0 spiro atoms. The van der Waals surface area contributed by atoms with Crippen LogP contribution in [0.3, 0.4) is 0 Å². The van der Waals surface area contributed by atoms with E-state index in [1.165, 1.54) is 0 Å². The number of carbonyl (C=O) groups excluding carboxylic acids is 1. The van der Waals surface area contributed by atoms with Crippen molar-refractivity contribution in [3.05, 3.63) is 70.5 Å². The number of nitrogens with one attached hydrogen (secondary N) is 1. The number of aromatic nitrogens is 2. The normalized spacial score (nSPS) is 11.4. The number of pyridine rings is 1. The average molecular weight is 439 g/mol. The molecule has 0 bridgehead atoms. The molecule has 0 atom stereocenters. The fourth-order valence-corrected chi connectivity index (χ4v) is 3.77. The number of aromatic amines is 1. The first-order valence-corrected chi connectivity index (χ1v) is 10.3. The van der Waals surface area contributed by atoms with Gasteiger partial charge in [-0.3, -0.25) is 0 Å². The first kappa shape index (κ1) is 21.2. The minimum Gasteiger partial charge on any atom is -0.489 e. The maximum Gasteiger partial charge on any atom is 0.357 e. The van der Waals surface area contributed by atoms with Gasteiger partial charge in [0, 0.05) is 34.0 Å². The van der Waals surface area contributed by atoms with E-state index in [0.717, 1.165) is 27.4 Å². The Morgan fingerprint density at radius 1 is 1.13 bits per heavy atom. The molecule has 2 aromatic carbocycles. The van der Waals surface area contributed by atoms with Crippen LogP contribution in [0, 0.1) is 0 Å². The molecule has 31 heavy (non-hydrogen) atoms. The number of benzene rings is 2. The molecule has 0 aliphatic rings. The number of H-pyrrole nitrogens is 1. The first-order chi connectivity index (χ1) is 15.0. The Balaban J connectivity index is 1.76. The molecule has 4 rings (SSSR count). The number of carbonyl (C=O) groups is 1. The molecule has 160 valence electrons. The van der Waals surface area contributed by atoms with Gasteiger partial charge >= 0.3 is 5.97 Å². The molecule has 0 fully saturated rings. The number of methoxy groups -OCH3 is 1. The van der Waals surface area contributed by atoms with E-state index >= 15 is 0 Å². The van der Waals surface area contributed by atoms with Crippen LogP contribution in [-0.4, -0.2) is 29.2 Å². The highest BCUT2D eigenvalue weighted by Crippen LogP contribution is 2.33. The third-order valence-electron chi connectivity index (χ3n) is 4.83. The molecule has 6 nitrogen and oxygen atoms in total. The summed E-state index contributed by atoms with van der Waals surface area (Å²) >= 11 is 6.06. The van der Waals surface area contributed by atoms with Crippen molar-refractivity contribution in [1.82, 2.24) is 9.97 Å². The molecule has 7 heteroatoms. The second kappa shape index (κ2) is 8.96. The van der Waals surface area contributed by atoms with Gasteiger partial charge < -0.3 is 19.2 Å². The van der Waals surface area contributed by atoms with E-state index in [4.69, 9.17) is 25.8 Å². The number of rotatable bonds is 7. The Morgan fingerprint density at radius 2 is 1.97 bits per heavy atom. The van der Waals surface area contributed by atoms with Crippen LogP contribution >= 0.6 is 11.6 Å². The second-order valence-corrected chi connectivity index (χ2v) is 7.95. The van der Waals surface area contributed by atoms with E-state index in [9.17, 15) is 4.79 Å². The zero-order valence-electron chi connectivity index (χ0n) is 17.6. The molecule has 0 unspecified atom stereocenters. The monoisotopic (exact) mass is 438 g/mol. The largest absolute Gasteiger partial charge is 0.489 e. The smallest absolute Gasteiger partial charge is 0.357 e. The third kappa shape index (κ3) is 4.50. The van der Waals surface area contributed by atoms with Crippen LogP contribution in [-0.2, 0) is 22.7 Å². The van der Waals surface area contributed by atoms with E-state index in [0.29, 0.717) is 22.9 Å². The molecule has 4 aromatic rings. The first-order valence-electron chi connectivity index (χ1n) is 9.96. The van der Waals surface area contributed by atoms with Gasteiger partial charge in [-0.1, -0.05) is 23.7 Å². The van der Waals surface area contributed by atoms with E-state index in [1.54, 1.807) is 13.3 Å². The van der Waals surface area contributed by atoms with Crippen LogP contribution < -0.4 is 4.74 Å². The van der Waals surface area contributed by atoms with Gasteiger partial charge in [0.15, 0.2) is 5.69 Å². The summed E-state index contributed by atoms with van der Waals surface area (Å²) < 4.78 is 16.8. The minimum absolute atomic E-state index is 0.230. The van der Waals surface area contributed by atoms with E-state index in [-0.39, 0.29) is 18.4 Å². The molecule has 0 aliphatic carbocycles. The van der Waals surface area contributed by atoms with Crippen molar-refractivity contribution in [2.75, 3.05) is 7.11 Å². The molecule has 0 radical (unpaired) electrons. The van der Waals surface area contributed by atoms with Gasteiger partial charge in [0.2, 0.25) is 0 Å². The number of nitrogens with zero attached hydrogens (tertiary/aromatic N) is 1. The lowest BCUT2D eigenvalue weighted by Gasteiger charge is -2.12. The SMILES string of the molecule is COCc1c(C(=O)OC(C)C)ncc2[nH]c3ccc(OCc4cccc(Cl)c4)cc3c12. The maximum absolute atomic E-state index is 12.6. The number of hydrogen-bond donors (Lipinski definition) is 1. The lowest BCUT2D eigenvalue weighted by atomic mass is 10.1. The Bertz CT molecular complexity index is 1250. The summed E-state index contributed by atoms with van der Waals surface area (Å²) in [6.45, 7) is 4.24. The zero-order chi connectivity index (χ0) is 22.0. The fourth-order valence-electron chi connectivity index (χ4n) is 3.55. The van der Waals surface area contributed by atoms with Gasteiger partial charge in [-0.25, -0.2) is 9.78 Å². The van der Waals surface area contributed by atoms with Crippen molar-refractivity contribution in [3.63, 3.8) is 0 Å². The van der Waals surface area contributed by atoms with Gasteiger partial charge in [-0.2, -0.15) is 0 Å². The molecule has 2 heterocycles. The third-order valence-corrected chi connectivity index (χ3v) is 5.06. The van der Waals surface area contributed by atoms with Crippen molar-refractivity contribution in [2.45, 2.75) is 33.2 Å². The summed E-state index contributed by atoms with van der Waals surface area (Å²) in [5.74, 6) is 0.242. The zero-order valence-corrected chi connectivity index (χ0v) is 18.3. The predicted octanol–water partition coefficient (Wildman–Crippen LogP) is 5.66. The van der Waals surface area contributed by atoms with E-state index in [2.05, 4.69) is 9.97 Å². The standard InChI is InChI=1S/C24H23ClN2O4/c1-14(2)31-24(28)23-19(13-29-3)22-18-10-17(7-8-20(18)27-21(22)11-26-23)30-12-15-5-4-6-16(25)9-15/h4-11,14,27H,12-13H2,1-3H3. The van der Waals surface area contributed by atoms with Gasteiger partial charge in [-0.05, 0) is 49.7 Å². The minimum atomic E-state index is -0.466. The lowest BCUT2D eigenvalue weighted by molar-refractivity contribution is 0.0366. The number of fused-ring (bicyclic) bond motifs is 3. The van der Waals surface area contributed by atoms with Crippen molar-refractivity contribution >= 4 is 39.4 Å². The molecule has 0 aliphatic heterocycles. The van der Waals surface area contributed by atoms with Gasteiger partial charge in [0.05, 0.1) is 24.4 Å². The molecule has 2 aromatic heterocycles. The Hall–Kier alpha value is -3.09. The quantitative estimate of drug-likeness (QED) is 0.377. The molecule has 0 amide bonds. The highest BCUT2D eigenvalue weighted by molar-refractivity contribution is 6.30. The van der Waals surface area contributed by atoms with Gasteiger partial charge in [0.25, 0.3) is 0 Å². The molecular formula is C24H23ClN2O4. The lowest BCUT2D eigenvalue weighted by Crippen LogP contribution is -2.15. The highest BCUT2D eigenvalue weighted by atomic mass is 35.5. The Morgan fingerprint density at radius 3 is 2.71 bits per heavy atom. The molecular weight excluding hydrogens is 416 g/mol. The number of esters is 1. The fraction of sp³-hybridized carbons (Fsp3) is 0.250. The summed E-state index contributed by atoms with van der Waals surface area (Å²) in [7, 11) is 1.59. The van der Waals surface area contributed by atoms with Crippen molar-refractivity contribution < 1.29 is 19.0 Å². The maximum atomic E-state index is 12.6.